The van der Waals surface area contributed by atoms with E-state index in [1.54, 1.807) is 18.2 Å². The largest absolute Gasteiger partial charge is 0.457 e. The highest BCUT2D eigenvalue weighted by Gasteiger charge is 2.14. The highest BCUT2D eigenvalue weighted by molar-refractivity contribution is 9.10. The zero-order valence-electron chi connectivity index (χ0n) is 29.5. The lowest BCUT2D eigenvalue weighted by Crippen LogP contribution is -2.22. The van der Waals surface area contributed by atoms with Crippen molar-refractivity contribution in [1.29, 1.82) is 0 Å². The molecule has 0 radical (unpaired) electrons. The molecule has 0 aliphatic carbocycles. The number of hydrogen-bond donors (Lipinski definition) is 2. The highest BCUT2D eigenvalue weighted by atomic mass is 79.9. The minimum absolute atomic E-state index is 0.0488. The predicted octanol–water partition coefficient (Wildman–Crippen LogP) is 8.27. The minimum Gasteiger partial charge on any atom is -0.457 e. The standard InChI is InChI=1S/C15H19NO3.C8H8BrNO.C7H12O2.C6H15N/c1-11(17)16-13-8-5-12(6-9-13)7-10-14(18)19-15(2,3)4;1-6(11)10-8-4-2-7(9)3-5-8;1-5-6(8)9-7(2,3)4;1-4-7(5-2)6-3/h5-10H,1-4H3,(H,16,17);2-5H,1H3,(H,10,11);5H,1H2,2-4H3;4-6H2,1-3H3/b10-7+;;;. The van der Waals surface area contributed by atoms with Crippen LogP contribution in [0.5, 0.6) is 0 Å². The van der Waals surface area contributed by atoms with Crippen LogP contribution in [0.15, 0.2) is 71.7 Å². The average molecular weight is 705 g/mol. The van der Waals surface area contributed by atoms with Gasteiger partial charge in [0.25, 0.3) is 0 Å². The van der Waals surface area contributed by atoms with E-state index in [1.165, 1.54) is 39.6 Å². The molecular weight excluding hydrogens is 650 g/mol. The number of nitrogens with zero attached hydrogens (tertiary/aromatic N) is 1. The molecule has 10 heteroatoms. The summed E-state index contributed by atoms with van der Waals surface area (Å²) in [6.07, 6.45) is 4.22. The monoisotopic (exact) mass is 703 g/mol. The zero-order valence-corrected chi connectivity index (χ0v) is 31.0. The summed E-state index contributed by atoms with van der Waals surface area (Å²) in [5.41, 5.74) is 1.52. The van der Waals surface area contributed by atoms with Crippen LogP contribution in [0.1, 0.15) is 81.7 Å². The second-order valence-corrected chi connectivity index (χ2v) is 12.6. The van der Waals surface area contributed by atoms with Gasteiger partial charge in [-0.05, 0) is 109 Å². The Morgan fingerprint density at radius 1 is 0.717 bits per heavy atom. The van der Waals surface area contributed by atoms with Crippen LogP contribution in [-0.2, 0) is 28.7 Å². The quantitative estimate of drug-likeness (QED) is 0.210. The molecule has 0 saturated carbocycles. The topological polar surface area (TPSA) is 114 Å². The van der Waals surface area contributed by atoms with Crippen molar-refractivity contribution in [3.05, 3.63) is 77.3 Å². The Morgan fingerprint density at radius 3 is 1.37 bits per heavy atom. The van der Waals surface area contributed by atoms with Gasteiger partial charge in [0, 0.05) is 41.8 Å². The zero-order chi connectivity index (χ0) is 35.9. The van der Waals surface area contributed by atoms with Gasteiger partial charge in [0.15, 0.2) is 0 Å². The first kappa shape index (κ1) is 44.4. The van der Waals surface area contributed by atoms with Crippen molar-refractivity contribution in [2.75, 3.05) is 30.3 Å². The lowest BCUT2D eigenvalue weighted by molar-refractivity contribution is -0.149. The average Bonchev–Trinajstić information content (AvgIpc) is 2.93. The Hall–Kier alpha value is -3.76. The Morgan fingerprint density at radius 2 is 1.09 bits per heavy atom. The van der Waals surface area contributed by atoms with E-state index in [9.17, 15) is 19.2 Å². The van der Waals surface area contributed by atoms with E-state index >= 15 is 0 Å². The summed E-state index contributed by atoms with van der Waals surface area (Å²) in [7, 11) is 0. The van der Waals surface area contributed by atoms with Crippen molar-refractivity contribution in [3.8, 4) is 0 Å². The number of carbonyl (C=O) groups excluding carboxylic acids is 4. The van der Waals surface area contributed by atoms with Gasteiger partial charge in [-0.15, -0.1) is 0 Å². The first-order valence-corrected chi connectivity index (χ1v) is 15.9. The van der Waals surface area contributed by atoms with Gasteiger partial charge in [0.2, 0.25) is 11.8 Å². The third-order valence-electron chi connectivity index (χ3n) is 5.13. The Kier molecular flexibility index (Phi) is 22.7. The van der Waals surface area contributed by atoms with Gasteiger partial charge < -0.3 is 25.0 Å². The van der Waals surface area contributed by atoms with E-state index in [4.69, 9.17) is 9.47 Å². The molecule has 9 nitrogen and oxygen atoms in total. The maximum atomic E-state index is 11.5. The van der Waals surface area contributed by atoms with Crippen LogP contribution in [0.25, 0.3) is 6.08 Å². The molecule has 0 unspecified atom stereocenters. The molecule has 2 aromatic rings. The van der Waals surface area contributed by atoms with Crippen LogP contribution in [0.3, 0.4) is 0 Å². The van der Waals surface area contributed by atoms with E-state index in [2.05, 4.69) is 58.8 Å². The Bertz CT molecular complexity index is 1220. The number of nitrogens with one attached hydrogen (secondary N) is 2. The van der Waals surface area contributed by atoms with Crippen molar-refractivity contribution in [3.63, 3.8) is 0 Å². The van der Waals surface area contributed by atoms with Gasteiger partial charge >= 0.3 is 11.9 Å². The van der Waals surface area contributed by atoms with Crippen LogP contribution in [0, 0.1) is 0 Å². The number of ether oxygens (including phenoxy) is 2. The maximum absolute atomic E-state index is 11.5. The fraction of sp³-hybridized carbons (Fsp3) is 0.444. The van der Waals surface area contributed by atoms with E-state index in [-0.39, 0.29) is 23.8 Å². The number of amides is 2. The number of rotatable bonds is 8. The van der Waals surface area contributed by atoms with Crippen molar-refractivity contribution in [2.45, 2.75) is 87.4 Å². The minimum atomic E-state index is -0.489. The van der Waals surface area contributed by atoms with Gasteiger partial charge in [-0.1, -0.05) is 55.4 Å². The van der Waals surface area contributed by atoms with E-state index < -0.39 is 11.2 Å². The molecule has 2 amide bonds. The molecule has 256 valence electrons. The fourth-order valence-electron chi connectivity index (χ4n) is 3.13. The second kappa shape index (κ2) is 23.6. The van der Waals surface area contributed by atoms with Gasteiger partial charge in [0.1, 0.15) is 11.2 Å². The first-order valence-electron chi connectivity index (χ1n) is 15.1. The molecule has 2 N–H and O–H groups in total. The second-order valence-electron chi connectivity index (χ2n) is 11.7. The molecule has 2 aromatic carbocycles. The van der Waals surface area contributed by atoms with Crippen molar-refractivity contribution in [2.24, 2.45) is 0 Å². The van der Waals surface area contributed by atoms with Crippen LogP contribution < -0.4 is 10.6 Å². The summed E-state index contributed by atoms with van der Waals surface area (Å²) < 4.78 is 11.0. The van der Waals surface area contributed by atoms with E-state index in [0.29, 0.717) is 0 Å². The Balaban J connectivity index is 0. The van der Waals surface area contributed by atoms with Gasteiger partial charge in [0.05, 0.1) is 0 Å². The molecule has 0 aliphatic rings. The number of carbonyl (C=O) groups is 4. The summed E-state index contributed by atoms with van der Waals surface area (Å²) in [5, 5.41) is 5.35. The third-order valence-corrected chi connectivity index (χ3v) is 5.66. The summed E-state index contributed by atoms with van der Waals surface area (Å²) in [6.45, 7) is 27.2. The highest BCUT2D eigenvalue weighted by Crippen LogP contribution is 2.14. The molecule has 46 heavy (non-hydrogen) atoms. The third kappa shape index (κ3) is 27.8. The molecule has 0 aliphatic heterocycles. The van der Waals surface area contributed by atoms with Gasteiger partial charge in [-0.3, -0.25) is 9.59 Å². The van der Waals surface area contributed by atoms with Crippen molar-refractivity contribution in [1.82, 2.24) is 4.90 Å². The molecule has 0 bridgehead atoms. The summed E-state index contributed by atoms with van der Waals surface area (Å²) >= 11 is 3.30. The number of hydrogen-bond acceptors (Lipinski definition) is 7. The first-order chi connectivity index (χ1) is 21.2. The van der Waals surface area contributed by atoms with Crippen molar-refractivity contribution >= 4 is 57.1 Å². The van der Waals surface area contributed by atoms with Gasteiger partial charge in [-0.2, -0.15) is 0 Å². The molecule has 0 fully saturated rings. The van der Waals surface area contributed by atoms with Crippen molar-refractivity contribution < 1.29 is 28.7 Å². The Labute approximate surface area is 284 Å². The van der Waals surface area contributed by atoms with Crippen LogP contribution >= 0.6 is 15.9 Å². The number of benzene rings is 2. The molecule has 2 rings (SSSR count). The van der Waals surface area contributed by atoms with Crippen LogP contribution in [0.2, 0.25) is 0 Å². The van der Waals surface area contributed by atoms with Crippen LogP contribution in [0.4, 0.5) is 11.4 Å². The lowest BCUT2D eigenvalue weighted by atomic mass is 10.2. The SMILES string of the molecule is C=CC(=O)OC(C)(C)C.CC(=O)Nc1ccc(/C=C/C(=O)OC(C)(C)C)cc1.CC(=O)Nc1ccc(Br)cc1.CCN(CC)CC. The smallest absolute Gasteiger partial charge is 0.331 e. The molecule has 0 aromatic heterocycles. The van der Waals surface area contributed by atoms with E-state index in [1.807, 2.05) is 77.9 Å². The van der Waals surface area contributed by atoms with E-state index in [0.717, 1.165) is 27.5 Å². The summed E-state index contributed by atoms with van der Waals surface area (Å²) in [5.74, 6) is -0.912. The lowest BCUT2D eigenvalue weighted by Gasteiger charge is -2.17. The summed E-state index contributed by atoms with van der Waals surface area (Å²) in [6, 6.07) is 14.6. The number of halogens is 1. The normalized spacial score (nSPS) is 10.5. The molecule has 0 spiro atoms. The fourth-order valence-corrected chi connectivity index (χ4v) is 3.40. The molecule has 0 saturated heterocycles. The van der Waals surface area contributed by atoms with Crippen LogP contribution in [-0.4, -0.2) is 59.5 Å². The van der Waals surface area contributed by atoms with Gasteiger partial charge in [-0.25, -0.2) is 9.59 Å². The maximum Gasteiger partial charge on any atom is 0.331 e. The number of anilines is 2. The molecule has 0 heterocycles. The summed E-state index contributed by atoms with van der Waals surface area (Å²) in [4.78, 5) is 45.8. The molecule has 0 atom stereocenters. The number of esters is 2. The molecular formula is C36H54BrN3O6. The predicted molar refractivity (Wildman–Crippen MR) is 194 cm³/mol.